The molecule has 0 radical (unpaired) electrons. The van der Waals surface area contributed by atoms with E-state index in [4.69, 9.17) is 4.74 Å². The number of aliphatic imine (C=N–C) groups is 1. The van der Waals surface area contributed by atoms with Crippen molar-refractivity contribution in [1.29, 1.82) is 0 Å². The lowest BCUT2D eigenvalue weighted by Crippen LogP contribution is -2.37. The van der Waals surface area contributed by atoms with Crippen molar-refractivity contribution < 1.29 is 52.5 Å². The van der Waals surface area contributed by atoms with Crippen LogP contribution in [0, 0.1) is 0 Å². The minimum Gasteiger partial charge on any atom is -0.466 e. The third kappa shape index (κ3) is 3.94. The van der Waals surface area contributed by atoms with Gasteiger partial charge in [0.25, 0.3) is 0 Å². The van der Waals surface area contributed by atoms with E-state index in [9.17, 15) is 43.5 Å². The molecule has 0 N–H and O–H groups in total. The van der Waals surface area contributed by atoms with Crippen LogP contribution < -0.4 is 4.74 Å². The van der Waals surface area contributed by atoms with Crippen LogP contribution in [0.2, 0.25) is 0 Å². The first kappa shape index (κ1) is 21.2. The monoisotopic (exact) mass is 427 g/mol. The first-order valence-corrected chi connectivity index (χ1v) is 8.17. The fourth-order valence-corrected chi connectivity index (χ4v) is 2.39. The molecule has 2 rings (SSSR count). The van der Waals surface area contributed by atoms with Crippen molar-refractivity contribution >= 4 is 16.0 Å². The van der Waals surface area contributed by atoms with Crippen LogP contribution in [-0.4, -0.2) is 31.7 Å². The van der Waals surface area contributed by atoms with Crippen LogP contribution in [-0.2, 0) is 20.2 Å². The van der Waals surface area contributed by atoms with E-state index in [2.05, 4.69) is 9.18 Å². The Morgan fingerprint density at radius 3 is 2.07 bits per heavy atom. The van der Waals surface area contributed by atoms with Crippen LogP contribution in [0.1, 0.15) is 25.0 Å². The molecule has 0 bridgehead atoms. The molecule has 1 aromatic rings. The molecular formula is C13H9F8NO4S. The summed E-state index contributed by atoms with van der Waals surface area (Å²) >= 11 is 0. The van der Waals surface area contributed by atoms with E-state index in [1.54, 1.807) is 0 Å². The molecule has 0 saturated carbocycles. The lowest BCUT2D eigenvalue weighted by Gasteiger charge is -2.30. The van der Waals surface area contributed by atoms with Crippen LogP contribution in [0.3, 0.4) is 0 Å². The van der Waals surface area contributed by atoms with Crippen LogP contribution >= 0.6 is 0 Å². The molecule has 14 heteroatoms. The van der Waals surface area contributed by atoms with Crippen molar-refractivity contribution in [2.24, 2.45) is 4.99 Å². The van der Waals surface area contributed by atoms with Gasteiger partial charge >= 0.3 is 27.7 Å². The molecule has 0 fully saturated rings. The minimum atomic E-state index is -6.26. The molecular weight excluding hydrogens is 418 g/mol. The number of nitrogens with zero attached hydrogens (tertiary/aromatic N) is 1. The molecule has 0 saturated heterocycles. The highest BCUT2D eigenvalue weighted by Gasteiger charge is 2.59. The van der Waals surface area contributed by atoms with E-state index < -0.39 is 56.2 Å². The van der Waals surface area contributed by atoms with Crippen LogP contribution in [0.5, 0.6) is 5.75 Å². The predicted octanol–water partition coefficient (Wildman–Crippen LogP) is 4.08. The van der Waals surface area contributed by atoms with Gasteiger partial charge in [0.15, 0.2) is 5.72 Å². The lowest BCUT2D eigenvalue weighted by atomic mass is 10.0. The third-order valence-electron chi connectivity index (χ3n) is 3.13. The maximum Gasteiger partial charge on any atom is 0.534 e. The van der Waals surface area contributed by atoms with Gasteiger partial charge in [-0.3, -0.25) is 0 Å². The van der Waals surface area contributed by atoms with Gasteiger partial charge in [0.05, 0.1) is 5.56 Å². The average molecular weight is 427 g/mol. The Bertz CT molecular complexity index is 887. The molecule has 1 aromatic carbocycles. The molecule has 0 aromatic heterocycles. The summed E-state index contributed by atoms with van der Waals surface area (Å²) < 4.78 is 133. The maximum atomic E-state index is 13.5. The molecule has 27 heavy (non-hydrogen) atoms. The maximum absolute atomic E-state index is 13.5. The van der Waals surface area contributed by atoms with E-state index in [1.807, 2.05) is 0 Å². The van der Waals surface area contributed by atoms with Gasteiger partial charge in [-0.2, -0.15) is 43.5 Å². The van der Waals surface area contributed by atoms with Gasteiger partial charge in [0.2, 0.25) is 5.90 Å². The minimum absolute atomic E-state index is 0.1000. The van der Waals surface area contributed by atoms with Crippen molar-refractivity contribution in [3.63, 3.8) is 0 Å². The summed E-state index contributed by atoms with van der Waals surface area (Å²) in [6.07, 6.45) is -6.01. The number of alkyl halides is 8. The molecule has 1 aliphatic heterocycles. The highest BCUT2D eigenvalue weighted by molar-refractivity contribution is 7.88. The second kappa shape index (κ2) is 5.94. The summed E-state index contributed by atoms with van der Waals surface area (Å²) in [5.41, 5.74) is -10.1. The van der Waals surface area contributed by atoms with Gasteiger partial charge in [-0.05, 0) is 32.0 Å². The third-order valence-corrected chi connectivity index (χ3v) is 4.08. The summed E-state index contributed by atoms with van der Waals surface area (Å²) in [5.74, 6) is -7.20. The van der Waals surface area contributed by atoms with Gasteiger partial charge in [-0.15, -0.1) is 0 Å². The summed E-state index contributed by atoms with van der Waals surface area (Å²) in [4.78, 5) is 3.41. The Labute approximate surface area is 146 Å². The second-order valence-corrected chi connectivity index (χ2v) is 7.27. The first-order valence-electron chi connectivity index (χ1n) is 6.76. The average Bonchev–Trinajstić information content (AvgIpc) is 2.42. The Kier molecular flexibility index (Phi) is 4.66. The van der Waals surface area contributed by atoms with E-state index in [1.165, 1.54) is 0 Å². The Hall–Kier alpha value is -2.12. The highest BCUT2D eigenvalue weighted by Crippen LogP contribution is 2.45. The predicted molar refractivity (Wildman–Crippen MR) is 73.7 cm³/mol. The van der Waals surface area contributed by atoms with E-state index in [0.29, 0.717) is 12.1 Å². The topological polar surface area (TPSA) is 65.0 Å². The molecule has 152 valence electrons. The van der Waals surface area contributed by atoms with Crippen molar-refractivity contribution in [3.8, 4) is 5.75 Å². The summed E-state index contributed by atoms with van der Waals surface area (Å²) in [5, 5.41) is 0. The summed E-state index contributed by atoms with van der Waals surface area (Å²) in [7, 11) is -6.26. The largest absolute Gasteiger partial charge is 0.534 e. The van der Waals surface area contributed by atoms with Crippen molar-refractivity contribution in [1.82, 2.24) is 0 Å². The lowest BCUT2D eigenvalue weighted by molar-refractivity contribution is -0.289. The Morgan fingerprint density at radius 2 is 1.59 bits per heavy atom. The Balaban J connectivity index is 2.62. The van der Waals surface area contributed by atoms with E-state index in [-0.39, 0.29) is 6.07 Å². The number of rotatable bonds is 2. The zero-order chi connectivity index (χ0) is 21.1. The number of hydrogen-bond donors (Lipinski definition) is 0. The molecule has 0 aliphatic carbocycles. The van der Waals surface area contributed by atoms with Gasteiger partial charge < -0.3 is 8.92 Å². The number of ether oxygens (including phenoxy) is 1. The molecule has 1 aliphatic rings. The van der Waals surface area contributed by atoms with Gasteiger partial charge in [-0.25, -0.2) is 4.99 Å². The van der Waals surface area contributed by atoms with Gasteiger partial charge in [-0.1, -0.05) is 0 Å². The van der Waals surface area contributed by atoms with Crippen LogP contribution in [0.15, 0.2) is 23.2 Å². The van der Waals surface area contributed by atoms with Crippen molar-refractivity contribution in [3.05, 3.63) is 29.3 Å². The fraction of sp³-hybridized carbons (Fsp3) is 0.462. The Morgan fingerprint density at radius 1 is 1.04 bits per heavy atom. The summed E-state index contributed by atoms with van der Waals surface area (Å²) in [6.45, 7) is 2.33. The van der Waals surface area contributed by atoms with Crippen molar-refractivity contribution in [2.45, 2.75) is 37.2 Å². The molecule has 1 heterocycles. The number of fused-ring (bicyclic) bond motifs is 1. The van der Waals surface area contributed by atoms with E-state index in [0.717, 1.165) is 13.8 Å². The zero-order valence-corrected chi connectivity index (χ0v) is 14.1. The highest BCUT2D eigenvalue weighted by atomic mass is 32.2. The number of benzene rings is 1. The van der Waals surface area contributed by atoms with Crippen LogP contribution in [0.4, 0.5) is 35.1 Å². The molecule has 5 nitrogen and oxygen atoms in total. The smallest absolute Gasteiger partial charge is 0.466 e. The number of halogens is 8. The molecule has 0 unspecified atom stereocenters. The SMILES string of the molecule is CC1(C)N=C(OS(=O)(=O)C(F)(F)F)c2cc(C(F)(F)C(F)(F)F)ccc2O1. The second-order valence-electron chi connectivity index (χ2n) is 5.73. The zero-order valence-electron chi connectivity index (χ0n) is 13.2. The van der Waals surface area contributed by atoms with E-state index >= 15 is 0 Å². The van der Waals surface area contributed by atoms with Gasteiger partial charge in [0.1, 0.15) is 5.75 Å². The number of hydrogen-bond acceptors (Lipinski definition) is 5. The molecule has 0 amide bonds. The van der Waals surface area contributed by atoms with Gasteiger partial charge in [0, 0.05) is 5.56 Å². The summed E-state index contributed by atoms with van der Waals surface area (Å²) in [6, 6.07) is 1.05. The quantitative estimate of drug-likeness (QED) is 0.405. The first-order chi connectivity index (χ1) is 11.9. The molecule has 0 spiro atoms. The fourth-order valence-electron chi connectivity index (χ4n) is 1.96. The van der Waals surface area contributed by atoms with Crippen LogP contribution in [0.25, 0.3) is 0 Å². The molecule has 0 atom stereocenters. The standard InChI is InChI=1S/C13H9F8NO4S/c1-10(2)22-9(26-27(23,24)13(19,20)21)7-5-6(3-4-8(7)25-10)11(14,15)12(16,17)18/h3-5H,1-2H3. The normalized spacial score (nSPS) is 17.6. The van der Waals surface area contributed by atoms with Crippen molar-refractivity contribution in [2.75, 3.05) is 0 Å².